The second kappa shape index (κ2) is 5.38. The largest absolute Gasteiger partial charge is 0.481 e. The summed E-state index contributed by atoms with van der Waals surface area (Å²) in [5.74, 6) is -2.08. The summed E-state index contributed by atoms with van der Waals surface area (Å²) in [7, 11) is 0. The Balaban J connectivity index is 2.16. The van der Waals surface area contributed by atoms with Crippen LogP contribution in [-0.4, -0.2) is 22.5 Å². The summed E-state index contributed by atoms with van der Waals surface area (Å²) in [6.07, 6.45) is 2.89. The van der Waals surface area contributed by atoms with Crippen LogP contribution in [0.15, 0.2) is 24.3 Å². The number of nitrogens with one attached hydrogen (secondary N) is 1. The molecule has 1 aliphatic rings. The standard InChI is InChI=1S/C14H16FNO3/c15-11-6-2-1-5-10(11)13(19)16-14(9-12(17)18)7-3-4-8-14/h1-2,5-6H,3-4,7-9H2,(H,16,19)(H,17,18). The number of aliphatic carboxylic acids is 1. The molecule has 0 radical (unpaired) electrons. The van der Waals surface area contributed by atoms with Gasteiger partial charge in [-0.1, -0.05) is 25.0 Å². The van der Waals surface area contributed by atoms with E-state index in [2.05, 4.69) is 5.32 Å². The van der Waals surface area contributed by atoms with Crippen LogP contribution in [0.3, 0.4) is 0 Å². The van der Waals surface area contributed by atoms with Crippen LogP contribution in [0.2, 0.25) is 0 Å². The van der Waals surface area contributed by atoms with Crippen molar-refractivity contribution in [2.45, 2.75) is 37.6 Å². The van der Waals surface area contributed by atoms with Gasteiger partial charge >= 0.3 is 5.97 Å². The number of benzene rings is 1. The third-order valence-electron chi connectivity index (χ3n) is 3.55. The molecule has 19 heavy (non-hydrogen) atoms. The monoisotopic (exact) mass is 265 g/mol. The lowest BCUT2D eigenvalue weighted by atomic mass is 9.92. The van der Waals surface area contributed by atoms with Crippen molar-refractivity contribution in [3.63, 3.8) is 0 Å². The molecule has 2 rings (SSSR count). The molecule has 0 aromatic heterocycles. The first kappa shape index (κ1) is 13.5. The SMILES string of the molecule is O=C(O)CC1(NC(=O)c2ccccc2F)CCCC1. The van der Waals surface area contributed by atoms with Crippen molar-refractivity contribution in [3.05, 3.63) is 35.6 Å². The zero-order valence-corrected chi connectivity index (χ0v) is 10.5. The van der Waals surface area contributed by atoms with Gasteiger partial charge < -0.3 is 10.4 Å². The van der Waals surface area contributed by atoms with E-state index >= 15 is 0 Å². The van der Waals surface area contributed by atoms with Crippen molar-refractivity contribution < 1.29 is 19.1 Å². The number of hydrogen-bond donors (Lipinski definition) is 2. The molecule has 0 aliphatic heterocycles. The third kappa shape index (κ3) is 3.10. The predicted molar refractivity (Wildman–Crippen MR) is 67.3 cm³/mol. The maximum absolute atomic E-state index is 13.5. The molecule has 102 valence electrons. The van der Waals surface area contributed by atoms with Gasteiger partial charge in [0.1, 0.15) is 5.82 Å². The number of carboxylic acid groups (broad SMARTS) is 1. The van der Waals surface area contributed by atoms with Gasteiger partial charge in [0.2, 0.25) is 0 Å². The maximum Gasteiger partial charge on any atom is 0.305 e. The van der Waals surface area contributed by atoms with Gasteiger partial charge in [-0.15, -0.1) is 0 Å². The summed E-state index contributed by atoms with van der Waals surface area (Å²) in [6, 6.07) is 5.70. The Morgan fingerprint density at radius 2 is 1.89 bits per heavy atom. The smallest absolute Gasteiger partial charge is 0.305 e. The van der Waals surface area contributed by atoms with E-state index in [1.165, 1.54) is 18.2 Å². The first-order valence-corrected chi connectivity index (χ1v) is 6.31. The van der Waals surface area contributed by atoms with Gasteiger partial charge in [0.05, 0.1) is 17.5 Å². The van der Waals surface area contributed by atoms with Crippen LogP contribution in [-0.2, 0) is 4.79 Å². The lowest BCUT2D eigenvalue weighted by Gasteiger charge is -2.28. The van der Waals surface area contributed by atoms with Crippen molar-refractivity contribution in [2.24, 2.45) is 0 Å². The lowest BCUT2D eigenvalue weighted by Crippen LogP contribution is -2.48. The molecule has 0 heterocycles. The number of carbonyl (C=O) groups excluding carboxylic acids is 1. The van der Waals surface area contributed by atoms with E-state index < -0.39 is 23.2 Å². The van der Waals surface area contributed by atoms with Crippen molar-refractivity contribution in [1.82, 2.24) is 5.32 Å². The number of amides is 1. The first-order chi connectivity index (χ1) is 9.02. The molecule has 1 aromatic carbocycles. The van der Waals surface area contributed by atoms with Crippen LogP contribution in [0.5, 0.6) is 0 Å². The van der Waals surface area contributed by atoms with Gasteiger partial charge in [-0.05, 0) is 25.0 Å². The fraction of sp³-hybridized carbons (Fsp3) is 0.429. The molecule has 5 heteroatoms. The minimum atomic E-state index is -0.948. The van der Waals surface area contributed by atoms with E-state index in [-0.39, 0.29) is 12.0 Å². The molecular weight excluding hydrogens is 249 g/mol. The fourth-order valence-corrected chi connectivity index (χ4v) is 2.64. The molecule has 1 amide bonds. The normalized spacial score (nSPS) is 17.1. The molecular formula is C14H16FNO3. The molecule has 0 unspecified atom stereocenters. The molecule has 0 bridgehead atoms. The predicted octanol–water partition coefficient (Wildman–Crippen LogP) is 2.34. The van der Waals surface area contributed by atoms with Crippen molar-refractivity contribution in [1.29, 1.82) is 0 Å². The summed E-state index contributed by atoms with van der Waals surface area (Å²) in [5, 5.41) is 11.7. The number of carbonyl (C=O) groups is 2. The summed E-state index contributed by atoms with van der Waals surface area (Å²) in [6.45, 7) is 0. The quantitative estimate of drug-likeness (QED) is 0.878. The number of carboxylic acids is 1. The van der Waals surface area contributed by atoms with Crippen molar-refractivity contribution >= 4 is 11.9 Å². The highest BCUT2D eigenvalue weighted by Gasteiger charge is 2.37. The van der Waals surface area contributed by atoms with Gasteiger partial charge in [-0.3, -0.25) is 9.59 Å². The summed E-state index contributed by atoms with van der Waals surface area (Å²) < 4.78 is 13.5. The Labute approximate surface area is 110 Å². The minimum Gasteiger partial charge on any atom is -0.481 e. The van der Waals surface area contributed by atoms with Crippen molar-refractivity contribution in [2.75, 3.05) is 0 Å². The molecule has 1 aromatic rings. The van der Waals surface area contributed by atoms with Crippen LogP contribution >= 0.6 is 0 Å². The topological polar surface area (TPSA) is 66.4 Å². The van der Waals surface area contributed by atoms with Gasteiger partial charge in [-0.2, -0.15) is 0 Å². The molecule has 0 saturated heterocycles. The van der Waals surface area contributed by atoms with E-state index in [1.54, 1.807) is 6.07 Å². The second-order valence-electron chi connectivity index (χ2n) is 4.99. The van der Waals surface area contributed by atoms with Crippen LogP contribution in [0.4, 0.5) is 4.39 Å². The van der Waals surface area contributed by atoms with Crippen molar-refractivity contribution in [3.8, 4) is 0 Å². The molecule has 2 N–H and O–H groups in total. The zero-order chi connectivity index (χ0) is 13.9. The van der Waals surface area contributed by atoms with Crippen LogP contribution in [0.1, 0.15) is 42.5 Å². The Bertz CT molecular complexity index is 495. The zero-order valence-electron chi connectivity index (χ0n) is 10.5. The molecule has 0 spiro atoms. The third-order valence-corrected chi connectivity index (χ3v) is 3.55. The highest BCUT2D eigenvalue weighted by molar-refractivity contribution is 5.95. The van der Waals surface area contributed by atoms with Crippen LogP contribution < -0.4 is 5.32 Å². The van der Waals surface area contributed by atoms with E-state index in [4.69, 9.17) is 5.11 Å². The first-order valence-electron chi connectivity index (χ1n) is 6.31. The van der Waals surface area contributed by atoms with Crippen LogP contribution in [0, 0.1) is 5.82 Å². The molecule has 1 saturated carbocycles. The van der Waals surface area contributed by atoms with Gasteiger partial charge in [0.25, 0.3) is 5.91 Å². The number of halogens is 1. The lowest BCUT2D eigenvalue weighted by molar-refractivity contribution is -0.138. The second-order valence-corrected chi connectivity index (χ2v) is 4.99. The fourth-order valence-electron chi connectivity index (χ4n) is 2.64. The Kier molecular flexibility index (Phi) is 3.83. The van der Waals surface area contributed by atoms with E-state index in [1.807, 2.05) is 0 Å². The average Bonchev–Trinajstić information content (AvgIpc) is 2.76. The number of rotatable bonds is 4. The molecule has 4 nitrogen and oxygen atoms in total. The maximum atomic E-state index is 13.5. The summed E-state index contributed by atoms with van der Waals surface area (Å²) >= 11 is 0. The van der Waals surface area contributed by atoms with Gasteiger partial charge in [0, 0.05) is 0 Å². The average molecular weight is 265 g/mol. The highest BCUT2D eigenvalue weighted by atomic mass is 19.1. The van der Waals surface area contributed by atoms with E-state index in [9.17, 15) is 14.0 Å². The molecule has 1 aliphatic carbocycles. The van der Waals surface area contributed by atoms with E-state index in [0.717, 1.165) is 12.8 Å². The van der Waals surface area contributed by atoms with Gasteiger partial charge in [0.15, 0.2) is 0 Å². The minimum absolute atomic E-state index is 0.0424. The Hall–Kier alpha value is -1.91. The highest BCUT2D eigenvalue weighted by Crippen LogP contribution is 2.33. The summed E-state index contributed by atoms with van der Waals surface area (Å²) in [5.41, 5.74) is -0.773. The summed E-state index contributed by atoms with van der Waals surface area (Å²) in [4.78, 5) is 23.0. The van der Waals surface area contributed by atoms with Gasteiger partial charge in [-0.25, -0.2) is 4.39 Å². The molecule has 1 fully saturated rings. The number of hydrogen-bond acceptors (Lipinski definition) is 2. The van der Waals surface area contributed by atoms with E-state index in [0.29, 0.717) is 12.8 Å². The Morgan fingerprint density at radius 3 is 2.47 bits per heavy atom. The molecule has 0 atom stereocenters. The Morgan fingerprint density at radius 1 is 1.26 bits per heavy atom. The van der Waals surface area contributed by atoms with Crippen LogP contribution in [0.25, 0.3) is 0 Å².